The molecule has 2 N–H and O–H groups in total. The van der Waals surface area contributed by atoms with Crippen molar-refractivity contribution < 1.29 is 9.78 Å². The largest absolute Gasteiger partial charge is 0.338 e. The van der Waals surface area contributed by atoms with E-state index in [2.05, 4.69) is 60.2 Å². The fourth-order valence-corrected chi connectivity index (χ4v) is 5.62. The summed E-state index contributed by atoms with van der Waals surface area (Å²) in [6, 6.07) is 8.40. The monoisotopic (exact) mass is 550 g/mol. The van der Waals surface area contributed by atoms with Gasteiger partial charge in [-0.25, -0.2) is 0 Å². The van der Waals surface area contributed by atoms with E-state index in [0.717, 1.165) is 50.7 Å². The third-order valence-corrected chi connectivity index (χ3v) is 8.08. The van der Waals surface area contributed by atoms with Gasteiger partial charge < -0.3 is 4.89 Å². The lowest BCUT2D eigenvalue weighted by Gasteiger charge is -2.07. The Morgan fingerprint density at radius 3 is 1.52 bits per heavy atom. The standard InChI is InChI=1S/C34H54N4O2/c1-5-31-29(32(6-2)36-35-31)20-16-12-9-11-15-19-27-22-24-28(25-23-27)40-39-26-18-14-10-13-17-21-30-33(7-3)37-38-34(30)8-4/h22-25H,5-21,26H2,1-4H3,(H,35,36)(H,37,38). The molecule has 0 aliphatic carbocycles. The van der Waals surface area contributed by atoms with E-state index < -0.39 is 0 Å². The average molecular weight is 551 g/mol. The molecular formula is C34H54N4O2. The summed E-state index contributed by atoms with van der Waals surface area (Å²) >= 11 is 0. The molecule has 0 radical (unpaired) electrons. The number of nitrogens with one attached hydrogen (secondary N) is 2. The van der Waals surface area contributed by atoms with Crippen molar-refractivity contribution in [1.29, 1.82) is 0 Å². The molecule has 0 fully saturated rings. The zero-order chi connectivity index (χ0) is 28.4. The van der Waals surface area contributed by atoms with Crippen molar-refractivity contribution in [3.63, 3.8) is 0 Å². The highest BCUT2D eigenvalue weighted by atomic mass is 17.2. The van der Waals surface area contributed by atoms with Gasteiger partial charge in [-0.1, -0.05) is 78.4 Å². The highest BCUT2D eigenvalue weighted by Crippen LogP contribution is 2.19. The second-order valence-electron chi connectivity index (χ2n) is 11.0. The lowest BCUT2D eigenvalue weighted by molar-refractivity contribution is -0.207. The molecule has 1 aromatic carbocycles. The predicted octanol–water partition coefficient (Wildman–Crippen LogP) is 8.62. The van der Waals surface area contributed by atoms with Crippen LogP contribution in [-0.4, -0.2) is 27.0 Å². The summed E-state index contributed by atoms with van der Waals surface area (Å²) in [5, 5.41) is 15.4. The number of benzene rings is 1. The number of aromatic nitrogens is 4. The first-order chi connectivity index (χ1) is 19.7. The lowest BCUT2D eigenvalue weighted by Crippen LogP contribution is -2.00. The molecule has 40 heavy (non-hydrogen) atoms. The number of nitrogens with zero attached hydrogens (tertiary/aromatic N) is 2. The van der Waals surface area contributed by atoms with Crippen molar-refractivity contribution in [2.45, 2.75) is 137 Å². The van der Waals surface area contributed by atoms with Crippen LogP contribution in [0.1, 0.15) is 131 Å². The van der Waals surface area contributed by atoms with Gasteiger partial charge in [0.25, 0.3) is 0 Å². The van der Waals surface area contributed by atoms with E-state index in [-0.39, 0.29) is 0 Å². The molecule has 2 heterocycles. The number of hydrogen-bond donors (Lipinski definition) is 2. The van der Waals surface area contributed by atoms with E-state index in [4.69, 9.17) is 9.78 Å². The van der Waals surface area contributed by atoms with Crippen LogP contribution in [0, 0.1) is 0 Å². The van der Waals surface area contributed by atoms with Crippen molar-refractivity contribution >= 4 is 0 Å². The van der Waals surface area contributed by atoms with Crippen LogP contribution in [0.4, 0.5) is 0 Å². The van der Waals surface area contributed by atoms with Crippen molar-refractivity contribution in [1.82, 2.24) is 20.4 Å². The molecule has 0 spiro atoms. The molecule has 3 aromatic rings. The molecule has 0 amide bonds. The maximum absolute atomic E-state index is 5.51. The summed E-state index contributed by atoms with van der Waals surface area (Å²) in [7, 11) is 0. The highest BCUT2D eigenvalue weighted by molar-refractivity contribution is 5.27. The van der Waals surface area contributed by atoms with Gasteiger partial charge in [0.1, 0.15) is 0 Å². The van der Waals surface area contributed by atoms with E-state index in [1.54, 1.807) is 0 Å². The topological polar surface area (TPSA) is 75.8 Å². The normalized spacial score (nSPS) is 11.4. The Hall–Kier alpha value is -2.60. The minimum Gasteiger partial charge on any atom is -0.338 e. The molecule has 0 unspecified atom stereocenters. The van der Waals surface area contributed by atoms with Crippen LogP contribution in [0.3, 0.4) is 0 Å². The Bertz CT molecular complexity index is 1030. The SMILES string of the molecule is CCc1n[nH]c(CC)c1CCCCCCCOOc1ccc(CCCCCCCc2c(CC)n[nH]c2CC)cc1. The van der Waals surface area contributed by atoms with Crippen LogP contribution >= 0.6 is 0 Å². The molecule has 222 valence electrons. The van der Waals surface area contributed by atoms with E-state index in [0.29, 0.717) is 6.61 Å². The number of H-pyrrole nitrogens is 2. The van der Waals surface area contributed by atoms with Gasteiger partial charge in [-0.05, 0) is 99.5 Å². The quantitative estimate of drug-likeness (QED) is 0.0746. The number of hydrogen-bond acceptors (Lipinski definition) is 4. The van der Waals surface area contributed by atoms with Crippen molar-refractivity contribution in [2.24, 2.45) is 0 Å². The van der Waals surface area contributed by atoms with Gasteiger partial charge in [0.15, 0.2) is 5.75 Å². The molecule has 0 aliphatic rings. The molecule has 0 saturated heterocycles. The van der Waals surface area contributed by atoms with Gasteiger partial charge in [-0.15, -0.1) is 0 Å². The summed E-state index contributed by atoms with van der Waals surface area (Å²) in [4.78, 5) is 11.0. The first kappa shape index (κ1) is 31.9. The second kappa shape index (κ2) is 18.7. The minimum absolute atomic E-state index is 0.642. The van der Waals surface area contributed by atoms with Gasteiger partial charge in [-0.3, -0.25) is 10.2 Å². The Morgan fingerprint density at radius 1 is 0.550 bits per heavy atom. The molecule has 0 bridgehead atoms. The first-order valence-electron chi connectivity index (χ1n) is 16.2. The molecule has 3 rings (SSSR count). The van der Waals surface area contributed by atoms with Crippen LogP contribution in [0.2, 0.25) is 0 Å². The Balaban J connectivity index is 1.16. The molecule has 2 aromatic heterocycles. The van der Waals surface area contributed by atoms with Crippen LogP contribution in [-0.2, 0) is 49.8 Å². The smallest absolute Gasteiger partial charge is 0.165 e. The summed E-state index contributed by atoms with van der Waals surface area (Å²) in [6.45, 7) is 9.43. The zero-order valence-electron chi connectivity index (χ0n) is 25.7. The van der Waals surface area contributed by atoms with Crippen LogP contribution in [0.25, 0.3) is 0 Å². The van der Waals surface area contributed by atoms with Crippen molar-refractivity contribution in [2.75, 3.05) is 6.61 Å². The third kappa shape index (κ3) is 10.4. The van der Waals surface area contributed by atoms with Crippen LogP contribution < -0.4 is 4.89 Å². The van der Waals surface area contributed by atoms with Crippen molar-refractivity contribution in [3.8, 4) is 5.75 Å². The lowest BCUT2D eigenvalue weighted by atomic mass is 10.0. The van der Waals surface area contributed by atoms with E-state index in [1.807, 2.05) is 12.1 Å². The average Bonchev–Trinajstić information content (AvgIpc) is 3.59. The van der Waals surface area contributed by atoms with Gasteiger partial charge in [-0.2, -0.15) is 15.1 Å². The Kier molecular flexibility index (Phi) is 14.9. The summed E-state index contributed by atoms with van der Waals surface area (Å²) in [5.41, 5.74) is 9.47. The van der Waals surface area contributed by atoms with Gasteiger partial charge in [0.05, 0.1) is 18.0 Å². The Morgan fingerprint density at radius 2 is 1.02 bits per heavy atom. The number of aromatic amines is 2. The first-order valence-corrected chi connectivity index (χ1v) is 16.2. The number of rotatable bonds is 22. The fourth-order valence-electron chi connectivity index (χ4n) is 5.62. The van der Waals surface area contributed by atoms with Gasteiger partial charge in [0.2, 0.25) is 0 Å². The van der Waals surface area contributed by atoms with E-state index in [1.165, 1.54) is 104 Å². The Labute approximate surface area is 243 Å². The van der Waals surface area contributed by atoms with E-state index >= 15 is 0 Å². The summed E-state index contributed by atoms with van der Waals surface area (Å²) in [5.74, 6) is 0.791. The number of unbranched alkanes of at least 4 members (excludes halogenated alkanes) is 8. The fraction of sp³-hybridized carbons (Fsp3) is 0.647. The maximum Gasteiger partial charge on any atom is 0.165 e. The van der Waals surface area contributed by atoms with Crippen molar-refractivity contribution in [3.05, 3.63) is 63.7 Å². The number of aryl methyl sites for hydroxylation is 5. The highest BCUT2D eigenvalue weighted by Gasteiger charge is 2.11. The van der Waals surface area contributed by atoms with Gasteiger partial charge in [0, 0.05) is 11.4 Å². The molecule has 0 saturated carbocycles. The second-order valence-corrected chi connectivity index (χ2v) is 11.0. The minimum atomic E-state index is 0.642. The maximum atomic E-state index is 5.51. The molecule has 0 aliphatic heterocycles. The molecule has 0 atom stereocenters. The van der Waals surface area contributed by atoms with Gasteiger partial charge >= 0.3 is 0 Å². The van der Waals surface area contributed by atoms with Crippen LogP contribution in [0.15, 0.2) is 24.3 Å². The predicted molar refractivity (Wildman–Crippen MR) is 165 cm³/mol. The summed E-state index contributed by atoms with van der Waals surface area (Å²) < 4.78 is 0. The van der Waals surface area contributed by atoms with E-state index in [9.17, 15) is 0 Å². The zero-order valence-corrected chi connectivity index (χ0v) is 25.7. The summed E-state index contributed by atoms with van der Waals surface area (Å²) in [6.07, 6.45) is 19.9. The molecule has 6 heteroatoms. The molecular weight excluding hydrogens is 496 g/mol. The van der Waals surface area contributed by atoms with Crippen LogP contribution in [0.5, 0.6) is 5.75 Å². The molecule has 6 nitrogen and oxygen atoms in total. The third-order valence-electron chi connectivity index (χ3n) is 8.08.